The molecule has 3 aromatic rings. The van der Waals surface area contributed by atoms with Gasteiger partial charge in [0, 0.05) is 37.9 Å². The van der Waals surface area contributed by atoms with Crippen molar-refractivity contribution in [1.82, 2.24) is 14.9 Å². The standard InChI is InChI=1S/C21H26N4O3/c1-5-25-11-9-15-19(22-2)16(13-24-20(15)25)21(26)23-10-8-14-6-7-17(27-3)18(12-14)28-4/h6-7,9,11-13H,5,8,10H2,1-4H3,(H,22,24)(H,23,26). The fourth-order valence-corrected chi connectivity index (χ4v) is 3.29. The Labute approximate surface area is 164 Å². The summed E-state index contributed by atoms with van der Waals surface area (Å²) in [6.45, 7) is 3.40. The van der Waals surface area contributed by atoms with Crippen molar-refractivity contribution >= 4 is 22.6 Å². The molecule has 3 rings (SSSR count). The summed E-state index contributed by atoms with van der Waals surface area (Å²) in [6.07, 6.45) is 4.30. The molecule has 2 aromatic heterocycles. The average molecular weight is 382 g/mol. The number of benzene rings is 1. The van der Waals surface area contributed by atoms with Crippen LogP contribution in [0.5, 0.6) is 11.5 Å². The van der Waals surface area contributed by atoms with E-state index in [-0.39, 0.29) is 5.91 Å². The van der Waals surface area contributed by atoms with Crippen LogP contribution in [0.2, 0.25) is 0 Å². The molecule has 1 amide bonds. The molecule has 0 atom stereocenters. The molecule has 1 aromatic carbocycles. The van der Waals surface area contributed by atoms with Gasteiger partial charge in [-0.25, -0.2) is 4.98 Å². The van der Waals surface area contributed by atoms with E-state index >= 15 is 0 Å². The first-order chi connectivity index (χ1) is 13.6. The molecular formula is C21H26N4O3. The molecule has 0 aliphatic carbocycles. The van der Waals surface area contributed by atoms with Gasteiger partial charge in [0.1, 0.15) is 5.65 Å². The number of aromatic nitrogens is 2. The van der Waals surface area contributed by atoms with Crippen LogP contribution in [-0.2, 0) is 13.0 Å². The number of methoxy groups -OCH3 is 2. The minimum atomic E-state index is -0.150. The van der Waals surface area contributed by atoms with Crippen molar-refractivity contribution in [2.75, 3.05) is 33.1 Å². The Morgan fingerprint density at radius 2 is 1.96 bits per heavy atom. The van der Waals surface area contributed by atoms with Crippen LogP contribution in [0.4, 0.5) is 5.69 Å². The number of ether oxygens (including phenoxy) is 2. The first-order valence-corrected chi connectivity index (χ1v) is 9.27. The topological polar surface area (TPSA) is 77.4 Å². The maximum absolute atomic E-state index is 12.7. The molecule has 7 nitrogen and oxygen atoms in total. The van der Waals surface area contributed by atoms with Gasteiger partial charge in [-0.3, -0.25) is 4.79 Å². The van der Waals surface area contributed by atoms with Gasteiger partial charge in [-0.2, -0.15) is 0 Å². The number of fused-ring (bicyclic) bond motifs is 1. The molecule has 2 N–H and O–H groups in total. The number of hydrogen-bond acceptors (Lipinski definition) is 5. The van der Waals surface area contributed by atoms with Crippen LogP contribution < -0.4 is 20.1 Å². The van der Waals surface area contributed by atoms with Crippen LogP contribution in [0.15, 0.2) is 36.7 Å². The second kappa shape index (κ2) is 8.65. The van der Waals surface area contributed by atoms with E-state index in [1.807, 2.05) is 37.5 Å². The Kier molecular flexibility index (Phi) is 6.03. The quantitative estimate of drug-likeness (QED) is 0.626. The highest BCUT2D eigenvalue weighted by Crippen LogP contribution is 2.28. The smallest absolute Gasteiger partial charge is 0.254 e. The maximum atomic E-state index is 12.7. The average Bonchev–Trinajstić information content (AvgIpc) is 3.15. The molecule has 0 fully saturated rings. The predicted molar refractivity (Wildman–Crippen MR) is 111 cm³/mol. The Morgan fingerprint density at radius 1 is 1.18 bits per heavy atom. The molecule has 0 aliphatic rings. The van der Waals surface area contributed by atoms with Crippen molar-refractivity contribution in [1.29, 1.82) is 0 Å². The Morgan fingerprint density at radius 3 is 2.64 bits per heavy atom. The lowest BCUT2D eigenvalue weighted by molar-refractivity contribution is 0.0954. The number of carbonyl (C=O) groups excluding carboxylic acids is 1. The van der Waals surface area contributed by atoms with Gasteiger partial charge in [-0.15, -0.1) is 0 Å². The third kappa shape index (κ3) is 3.74. The Bertz CT molecular complexity index is 981. The molecule has 0 saturated heterocycles. The number of nitrogens with zero attached hydrogens (tertiary/aromatic N) is 2. The van der Waals surface area contributed by atoms with Crippen LogP contribution in [0.1, 0.15) is 22.8 Å². The number of rotatable bonds is 8. The highest BCUT2D eigenvalue weighted by molar-refractivity contribution is 6.06. The van der Waals surface area contributed by atoms with Crippen molar-refractivity contribution in [3.8, 4) is 11.5 Å². The van der Waals surface area contributed by atoms with Gasteiger partial charge in [0.05, 0.1) is 25.5 Å². The molecular weight excluding hydrogens is 356 g/mol. The van der Waals surface area contributed by atoms with Crippen LogP contribution in [-0.4, -0.2) is 43.3 Å². The van der Waals surface area contributed by atoms with Crippen LogP contribution in [0, 0.1) is 0 Å². The largest absolute Gasteiger partial charge is 0.493 e. The molecule has 28 heavy (non-hydrogen) atoms. The van der Waals surface area contributed by atoms with Crippen molar-refractivity contribution in [2.24, 2.45) is 0 Å². The van der Waals surface area contributed by atoms with Gasteiger partial charge < -0.3 is 24.7 Å². The molecule has 2 heterocycles. The number of amides is 1. The summed E-state index contributed by atoms with van der Waals surface area (Å²) in [5.41, 5.74) is 3.26. The zero-order valence-electron chi connectivity index (χ0n) is 16.7. The van der Waals surface area contributed by atoms with Crippen LogP contribution in [0.25, 0.3) is 11.0 Å². The first kappa shape index (κ1) is 19.5. The van der Waals surface area contributed by atoms with E-state index in [0.717, 1.165) is 28.8 Å². The van der Waals surface area contributed by atoms with E-state index in [1.54, 1.807) is 20.4 Å². The third-order valence-corrected chi connectivity index (χ3v) is 4.77. The number of aryl methyl sites for hydroxylation is 1. The third-order valence-electron chi connectivity index (χ3n) is 4.77. The number of pyridine rings is 1. The van der Waals surface area contributed by atoms with E-state index in [9.17, 15) is 4.79 Å². The fraction of sp³-hybridized carbons (Fsp3) is 0.333. The SMILES string of the molecule is CCn1ccc2c(NC)c(C(=O)NCCc3ccc(OC)c(OC)c3)cnc21. The van der Waals surface area contributed by atoms with Gasteiger partial charge in [-0.1, -0.05) is 6.07 Å². The van der Waals surface area contributed by atoms with Crippen LogP contribution >= 0.6 is 0 Å². The van der Waals surface area contributed by atoms with Crippen molar-refractivity contribution < 1.29 is 14.3 Å². The van der Waals surface area contributed by atoms with E-state index in [0.29, 0.717) is 30.0 Å². The second-order valence-electron chi connectivity index (χ2n) is 6.33. The molecule has 0 aliphatic heterocycles. The second-order valence-corrected chi connectivity index (χ2v) is 6.33. The van der Waals surface area contributed by atoms with Crippen molar-refractivity contribution in [2.45, 2.75) is 19.9 Å². The highest BCUT2D eigenvalue weighted by atomic mass is 16.5. The number of carbonyl (C=O) groups is 1. The molecule has 7 heteroatoms. The summed E-state index contributed by atoms with van der Waals surface area (Å²) < 4.78 is 12.6. The lowest BCUT2D eigenvalue weighted by atomic mass is 10.1. The summed E-state index contributed by atoms with van der Waals surface area (Å²) in [5.74, 6) is 1.22. The van der Waals surface area contributed by atoms with Gasteiger partial charge in [0.2, 0.25) is 0 Å². The number of hydrogen-bond donors (Lipinski definition) is 2. The number of nitrogens with one attached hydrogen (secondary N) is 2. The summed E-state index contributed by atoms with van der Waals surface area (Å²) in [4.78, 5) is 17.2. The zero-order chi connectivity index (χ0) is 20.1. The van der Waals surface area contributed by atoms with E-state index in [2.05, 4.69) is 27.1 Å². The molecule has 0 unspecified atom stereocenters. The lowest BCUT2D eigenvalue weighted by Gasteiger charge is -2.12. The molecule has 148 valence electrons. The first-order valence-electron chi connectivity index (χ1n) is 9.27. The number of anilines is 1. The van der Waals surface area contributed by atoms with Crippen LogP contribution in [0.3, 0.4) is 0 Å². The summed E-state index contributed by atoms with van der Waals surface area (Å²) in [7, 11) is 5.03. The summed E-state index contributed by atoms with van der Waals surface area (Å²) in [5, 5.41) is 7.07. The van der Waals surface area contributed by atoms with Crippen molar-refractivity contribution in [3.63, 3.8) is 0 Å². The van der Waals surface area contributed by atoms with E-state index < -0.39 is 0 Å². The fourth-order valence-electron chi connectivity index (χ4n) is 3.29. The Balaban J connectivity index is 1.71. The van der Waals surface area contributed by atoms with Gasteiger partial charge in [0.25, 0.3) is 5.91 Å². The zero-order valence-corrected chi connectivity index (χ0v) is 16.7. The van der Waals surface area contributed by atoms with Gasteiger partial charge >= 0.3 is 0 Å². The minimum Gasteiger partial charge on any atom is -0.493 e. The summed E-state index contributed by atoms with van der Waals surface area (Å²) >= 11 is 0. The molecule has 0 saturated carbocycles. The van der Waals surface area contributed by atoms with E-state index in [4.69, 9.17) is 9.47 Å². The van der Waals surface area contributed by atoms with E-state index in [1.165, 1.54) is 0 Å². The molecule has 0 spiro atoms. The maximum Gasteiger partial charge on any atom is 0.254 e. The van der Waals surface area contributed by atoms with Gasteiger partial charge in [-0.05, 0) is 37.1 Å². The minimum absolute atomic E-state index is 0.150. The monoisotopic (exact) mass is 382 g/mol. The predicted octanol–water partition coefficient (Wildman–Crippen LogP) is 3.09. The van der Waals surface area contributed by atoms with Crippen molar-refractivity contribution in [3.05, 3.63) is 47.8 Å². The normalized spacial score (nSPS) is 10.7. The highest BCUT2D eigenvalue weighted by Gasteiger charge is 2.16. The summed E-state index contributed by atoms with van der Waals surface area (Å²) in [6, 6.07) is 7.74. The van der Waals surface area contributed by atoms with Gasteiger partial charge in [0.15, 0.2) is 11.5 Å². The Hall–Kier alpha value is -3.22. The molecule has 0 bridgehead atoms. The molecule has 0 radical (unpaired) electrons. The lowest BCUT2D eigenvalue weighted by Crippen LogP contribution is -2.26.